The molecule has 5 rings (SSSR count). The van der Waals surface area contributed by atoms with Crippen LogP contribution in [0.2, 0.25) is 0 Å². The quantitative estimate of drug-likeness (QED) is 0.623. The minimum atomic E-state index is -0.0000871. The van der Waals surface area contributed by atoms with Gasteiger partial charge in [0.25, 0.3) is 0 Å². The van der Waals surface area contributed by atoms with E-state index >= 15 is 0 Å². The first kappa shape index (κ1) is 18.4. The van der Waals surface area contributed by atoms with Crippen molar-refractivity contribution >= 4 is 0 Å². The smallest absolute Gasteiger partial charge is 0.131 e. The molecule has 7 heteroatoms. The number of nitrogens with one attached hydrogen (secondary N) is 1. The summed E-state index contributed by atoms with van der Waals surface area (Å²) in [6.45, 7) is 2.20. The Labute approximate surface area is 170 Å². The van der Waals surface area contributed by atoms with Crippen LogP contribution < -0.4 is 5.32 Å². The van der Waals surface area contributed by atoms with Gasteiger partial charge in [-0.2, -0.15) is 0 Å². The summed E-state index contributed by atoms with van der Waals surface area (Å²) in [5.41, 5.74) is 2.96. The van der Waals surface area contributed by atoms with E-state index in [0.29, 0.717) is 13.2 Å². The number of nitrogens with zero attached hydrogens (tertiary/aromatic N) is 4. The molecule has 1 aromatic carbocycles. The normalized spacial score (nSPS) is 25.9. The molecule has 0 unspecified atom stereocenters. The highest BCUT2D eigenvalue weighted by Gasteiger charge is 2.48. The molecule has 0 amide bonds. The fourth-order valence-electron chi connectivity index (χ4n) is 4.18. The van der Waals surface area contributed by atoms with Crippen LogP contribution in [0.25, 0.3) is 11.4 Å². The lowest BCUT2D eigenvalue weighted by Crippen LogP contribution is -2.41. The van der Waals surface area contributed by atoms with Crippen LogP contribution in [0.1, 0.15) is 18.0 Å². The minimum Gasteiger partial charge on any atom is -0.371 e. The maximum absolute atomic E-state index is 6.10. The van der Waals surface area contributed by atoms with Crippen molar-refractivity contribution in [2.75, 3.05) is 19.8 Å². The molecule has 2 aliphatic heterocycles. The topological polar surface area (TPSA) is 74.1 Å². The van der Waals surface area contributed by atoms with Crippen molar-refractivity contribution in [3.05, 3.63) is 66.5 Å². The molecule has 2 aliphatic rings. The predicted octanol–water partition coefficient (Wildman–Crippen LogP) is 2.27. The van der Waals surface area contributed by atoms with Gasteiger partial charge in [-0.3, -0.25) is 4.98 Å². The molecule has 29 heavy (non-hydrogen) atoms. The SMILES string of the molecule is c1ccc(CCCN[C@@H]2CO[C@@H]3[C@@H]2OC[C@@H]3n2cc(-c3ccccn3)nn2)cc1. The van der Waals surface area contributed by atoms with E-state index in [0.717, 1.165) is 30.8 Å². The van der Waals surface area contributed by atoms with Gasteiger partial charge < -0.3 is 14.8 Å². The third-order valence-electron chi connectivity index (χ3n) is 5.70. The van der Waals surface area contributed by atoms with Gasteiger partial charge in [0.2, 0.25) is 0 Å². The van der Waals surface area contributed by atoms with E-state index < -0.39 is 0 Å². The van der Waals surface area contributed by atoms with Crippen LogP contribution in [0, 0.1) is 0 Å². The maximum Gasteiger partial charge on any atom is 0.131 e. The number of rotatable bonds is 7. The summed E-state index contributed by atoms with van der Waals surface area (Å²) in [7, 11) is 0. The second-order valence-corrected chi connectivity index (χ2v) is 7.61. The van der Waals surface area contributed by atoms with E-state index in [1.54, 1.807) is 6.20 Å². The fraction of sp³-hybridized carbons (Fsp3) is 0.409. The lowest BCUT2D eigenvalue weighted by atomic mass is 10.1. The minimum absolute atomic E-state index is 0.0000871. The summed E-state index contributed by atoms with van der Waals surface area (Å²) >= 11 is 0. The van der Waals surface area contributed by atoms with Crippen molar-refractivity contribution in [2.45, 2.75) is 37.1 Å². The van der Waals surface area contributed by atoms with Crippen LogP contribution in [-0.2, 0) is 15.9 Å². The molecule has 2 aromatic heterocycles. The highest BCUT2D eigenvalue weighted by Crippen LogP contribution is 2.34. The van der Waals surface area contributed by atoms with Gasteiger partial charge in [-0.05, 0) is 37.1 Å². The Morgan fingerprint density at radius 2 is 1.83 bits per heavy atom. The second-order valence-electron chi connectivity index (χ2n) is 7.61. The molecule has 0 spiro atoms. The predicted molar refractivity (Wildman–Crippen MR) is 108 cm³/mol. The summed E-state index contributed by atoms with van der Waals surface area (Å²) < 4.78 is 14.1. The van der Waals surface area contributed by atoms with Gasteiger partial charge in [-0.25, -0.2) is 4.68 Å². The molecule has 2 fully saturated rings. The Hall–Kier alpha value is -2.61. The average molecular weight is 391 g/mol. The zero-order valence-electron chi connectivity index (χ0n) is 16.2. The van der Waals surface area contributed by atoms with Crippen LogP contribution in [-0.4, -0.2) is 58.0 Å². The van der Waals surface area contributed by atoms with Crippen LogP contribution in [0.15, 0.2) is 60.9 Å². The average Bonchev–Trinajstić information content (AvgIpc) is 3.50. The Morgan fingerprint density at radius 1 is 0.966 bits per heavy atom. The monoisotopic (exact) mass is 391 g/mol. The summed E-state index contributed by atoms with van der Waals surface area (Å²) in [5, 5.41) is 12.2. The lowest BCUT2D eigenvalue weighted by Gasteiger charge is -2.17. The molecule has 0 saturated carbocycles. The van der Waals surface area contributed by atoms with Crippen LogP contribution in [0.4, 0.5) is 0 Å². The first-order chi connectivity index (χ1) is 14.4. The summed E-state index contributed by atoms with van der Waals surface area (Å²) in [6, 6.07) is 16.6. The van der Waals surface area contributed by atoms with E-state index in [9.17, 15) is 0 Å². The zero-order valence-corrected chi connectivity index (χ0v) is 16.2. The highest BCUT2D eigenvalue weighted by atomic mass is 16.6. The number of aryl methyl sites for hydroxylation is 1. The van der Waals surface area contributed by atoms with Crippen molar-refractivity contribution in [3.8, 4) is 11.4 Å². The number of ether oxygens (including phenoxy) is 2. The van der Waals surface area contributed by atoms with E-state index in [1.165, 1.54) is 5.56 Å². The Kier molecular flexibility index (Phi) is 5.34. The lowest BCUT2D eigenvalue weighted by molar-refractivity contribution is 0.0620. The zero-order chi connectivity index (χ0) is 19.5. The molecule has 7 nitrogen and oxygen atoms in total. The van der Waals surface area contributed by atoms with Gasteiger partial charge >= 0.3 is 0 Å². The summed E-state index contributed by atoms with van der Waals surface area (Å²) in [6.07, 6.45) is 5.92. The second kappa shape index (κ2) is 8.41. The van der Waals surface area contributed by atoms with Gasteiger partial charge in [0, 0.05) is 6.20 Å². The number of fused-ring (bicyclic) bond motifs is 1. The molecular weight excluding hydrogens is 366 g/mol. The number of benzene rings is 1. The summed E-state index contributed by atoms with van der Waals surface area (Å²) in [4.78, 5) is 4.34. The number of hydrogen-bond acceptors (Lipinski definition) is 6. The van der Waals surface area contributed by atoms with Crippen molar-refractivity contribution in [2.24, 2.45) is 0 Å². The van der Waals surface area contributed by atoms with Gasteiger partial charge in [0.1, 0.15) is 23.9 Å². The Morgan fingerprint density at radius 3 is 2.69 bits per heavy atom. The molecule has 4 heterocycles. The molecular formula is C22H25N5O2. The molecule has 3 aromatic rings. The molecule has 0 bridgehead atoms. The molecule has 4 atom stereocenters. The largest absolute Gasteiger partial charge is 0.371 e. The fourth-order valence-corrected chi connectivity index (χ4v) is 4.18. The molecule has 0 radical (unpaired) electrons. The number of aromatic nitrogens is 4. The number of hydrogen-bond donors (Lipinski definition) is 1. The van der Waals surface area contributed by atoms with Crippen LogP contribution in [0.3, 0.4) is 0 Å². The van der Waals surface area contributed by atoms with E-state index in [-0.39, 0.29) is 24.3 Å². The first-order valence-electron chi connectivity index (χ1n) is 10.2. The maximum atomic E-state index is 6.10. The Balaban J connectivity index is 1.16. The van der Waals surface area contributed by atoms with Crippen LogP contribution in [0.5, 0.6) is 0 Å². The van der Waals surface area contributed by atoms with Crippen molar-refractivity contribution < 1.29 is 9.47 Å². The third-order valence-corrected chi connectivity index (χ3v) is 5.70. The molecule has 150 valence electrons. The first-order valence-corrected chi connectivity index (χ1v) is 10.2. The van der Waals surface area contributed by atoms with Crippen molar-refractivity contribution in [1.82, 2.24) is 25.3 Å². The van der Waals surface area contributed by atoms with E-state index in [2.05, 4.69) is 50.9 Å². The number of pyridine rings is 1. The Bertz CT molecular complexity index is 917. The van der Waals surface area contributed by atoms with Gasteiger partial charge in [-0.1, -0.05) is 41.6 Å². The van der Waals surface area contributed by atoms with Gasteiger partial charge in [-0.15, -0.1) is 5.10 Å². The highest BCUT2D eigenvalue weighted by molar-refractivity contribution is 5.51. The molecule has 2 saturated heterocycles. The third kappa shape index (κ3) is 3.94. The van der Waals surface area contributed by atoms with Gasteiger partial charge in [0.15, 0.2) is 0 Å². The van der Waals surface area contributed by atoms with E-state index in [1.807, 2.05) is 29.1 Å². The van der Waals surface area contributed by atoms with E-state index in [4.69, 9.17) is 9.47 Å². The standard InChI is InChI=1S/C22H25N5O2/c1-2-7-16(8-3-1)9-6-12-24-19-14-28-22-20(15-29-21(19)22)27-13-18(25-26-27)17-10-4-5-11-23-17/h1-5,7-8,10-11,13,19-22,24H,6,9,12,14-15H2/t19-,20+,21-,22+/m1/s1. The molecule has 1 N–H and O–H groups in total. The van der Waals surface area contributed by atoms with Gasteiger partial charge in [0.05, 0.1) is 31.1 Å². The summed E-state index contributed by atoms with van der Waals surface area (Å²) in [5.74, 6) is 0. The molecule has 0 aliphatic carbocycles. The van der Waals surface area contributed by atoms with Crippen molar-refractivity contribution in [1.29, 1.82) is 0 Å². The van der Waals surface area contributed by atoms with Crippen LogP contribution >= 0.6 is 0 Å². The van der Waals surface area contributed by atoms with Crippen molar-refractivity contribution in [3.63, 3.8) is 0 Å².